The number of nitrogens with one attached hydrogen (secondary N) is 2. The summed E-state index contributed by atoms with van der Waals surface area (Å²) < 4.78 is 4.56. The van der Waals surface area contributed by atoms with Gasteiger partial charge in [-0.2, -0.15) is 0 Å². The highest BCUT2D eigenvalue weighted by atomic mass is 16.5. The normalized spacial score (nSPS) is 10.7. The molecular formula is C12H18N2O2. The van der Waals surface area contributed by atoms with Crippen LogP contribution in [-0.2, 0) is 4.74 Å². The number of para-hydroxylation sites is 1. The number of benzene rings is 1. The largest absolute Gasteiger partial charge is 0.453 e. The Bertz CT molecular complexity index is 336. The van der Waals surface area contributed by atoms with Crippen LogP contribution in [0.2, 0.25) is 0 Å². The van der Waals surface area contributed by atoms with Crippen LogP contribution in [0.15, 0.2) is 30.3 Å². The number of methoxy groups -OCH3 is 1. The number of carbonyl (C=O) groups is 1. The molecule has 0 spiro atoms. The molecule has 1 aromatic carbocycles. The topological polar surface area (TPSA) is 50.4 Å². The fourth-order valence-corrected chi connectivity index (χ4v) is 1.25. The Labute approximate surface area is 96.0 Å². The number of anilines is 1. The molecule has 1 rings (SSSR count). The van der Waals surface area contributed by atoms with Crippen molar-refractivity contribution in [3.05, 3.63) is 30.3 Å². The molecule has 16 heavy (non-hydrogen) atoms. The van der Waals surface area contributed by atoms with Crippen LogP contribution in [0.25, 0.3) is 0 Å². The third-order valence-corrected chi connectivity index (χ3v) is 2.13. The zero-order chi connectivity index (χ0) is 12.0. The summed E-state index contributed by atoms with van der Waals surface area (Å²) in [6.45, 7) is 4.49. The van der Waals surface area contributed by atoms with Gasteiger partial charge in [-0.05, 0) is 26.0 Å². The maximum absolute atomic E-state index is 11.1. The molecule has 0 atom stereocenters. The Morgan fingerprint density at radius 2 is 1.94 bits per heavy atom. The zero-order valence-corrected chi connectivity index (χ0v) is 9.91. The van der Waals surface area contributed by atoms with E-state index in [1.807, 2.05) is 44.2 Å². The molecule has 2 N–H and O–H groups in total. The summed E-state index contributed by atoms with van der Waals surface area (Å²) in [5.74, 6) is 0. The molecule has 0 aromatic heterocycles. The summed E-state index contributed by atoms with van der Waals surface area (Å²) in [6, 6.07) is 9.84. The van der Waals surface area contributed by atoms with Crippen LogP contribution in [-0.4, -0.2) is 25.3 Å². The second-order valence-electron chi connectivity index (χ2n) is 4.22. The fourth-order valence-electron chi connectivity index (χ4n) is 1.25. The van der Waals surface area contributed by atoms with Gasteiger partial charge in [-0.15, -0.1) is 0 Å². The van der Waals surface area contributed by atoms with Crippen LogP contribution in [0.1, 0.15) is 13.8 Å². The van der Waals surface area contributed by atoms with Gasteiger partial charge in [0.15, 0.2) is 0 Å². The lowest BCUT2D eigenvalue weighted by Gasteiger charge is -2.26. The number of rotatable bonds is 4. The highest BCUT2D eigenvalue weighted by Crippen LogP contribution is 2.08. The Morgan fingerprint density at radius 3 is 2.50 bits per heavy atom. The van der Waals surface area contributed by atoms with Gasteiger partial charge in [0.2, 0.25) is 0 Å². The van der Waals surface area contributed by atoms with Gasteiger partial charge in [0.1, 0.15) is 0 Å². The Balaban J connectivity index is 2.44. The molecule has 88 valence electrons. The summed E-state index contributed by atoms with van der Waals surface area (Å²) in [6.07, 6.45) is -0.417. The number of amides is 1. The minimum absolute atomic E-state index is 0.358. The first-order valence-corrected chi connectivity index (χ1v) is 5.18. The van der Waals surface area contributed by atoms with E-state index in [1.165, 1.54) is 7.11 Å². The fraction of sp³-hybridized carbons (Fsp3) is 0.417. The van der Waals surface area contributed by atoms with Crippen molar-refractivity contribution in [1.82, 2.24) is 5.32 Å². The molecule has 0 fully saturated rings. The molecule has 0 saturated carbocycles. The van der Waals surface area contributed by atoms with Gasteiger partial charge in [0.25, 0.3) is 0 Å². The molecule has 1 aromatic rings. The van der Waals surface area contributed by atoms with E-state index in [9.17, 15) is 4.79 Å². The molecule has 0 unspecified atom stereocenters. The first kappa shape index (κ1) is 12.4. The van der Waals surface area contributed by atoms with Gasteiger partial charge in [-0.25, -0.2) is 4.79 Å². The van der Waals surface area contributed by atoms with Crippen molar-refractivity contribution in [3.63, 3.8) is 0 Å². The molecule has 1 amide bonds. The molecule has 0 bridgehead atoms. The zero-order valence-electron chi connectivity index (χ0n) is 9.91. The Hall–Kier alpha value is -1.71. The first-order chi connectivity index (χ1) is 7.53. The van der Waals surface area contributed by atoms with Gasteiger partial charge in [0, 0.05) is 12.2 Å². The highest BCUT2D eigenvalue weighted by molar-refractivity contribution is 5.68. The number of hydrogen-bond donors (Lipinski definition) is 2. The molecule has 4 heteroatoms. The number of hydrogen-bond acceptors (Lipinski definition) is 3. The van der Waals surface area contributed by atoms with Crippen LogP contribution in [0.3, 0.4) is 0 Å². The van der Waals surface area contributed by atoms with Gasteiger partial charge < -0.3 is 15.4 Å². The third-order valence-electron chi connectivity index (χ3n) is 2.13. The number of alkyl carbamates (subject to hydrolysis) is 1. The predicted molar refractivity (Wildman–Crippen MR) is 64.6 cm³/mol. The molecule has 4 nitrogen and oxygen atoms in total. The molecular weight excluding hydrogens is 204 g/mol. The summed E-state index contributed by atoms with van der Waals surface area (Å²) in [7, 11) is 1.36. The van der Waals surface area contributed by atoms with Crippen LogP contribution in [0, 0.1) is 0 Å². The van der Waals surface area contributed by atoms with Crippen LogP contribution in [0.4, 0.5) is 10.5 Å². The molecule has 0 heterocycles. The van der Waals surface area contributed by atoms with E-state index < -0.39 is 6.09 Å². The van der Waals surface area contributed by atoms with Gasteiger partial charge in [-0.1, -0.05) is 18.2 Å². The summed E-state index contributed by atoms with van der Waals surface area (Å²) in [4.78, 5) is 11.1. The monoisotopic (exact) mass is 222 g/mol. The predicted octanol–water partition coefficient (Wildman–Crippen LogP) is 2.23. The van der Waals surface area contributed by atoms with E-state index in [-0.39, 0.29) is 5.54 Å². The van der Waals surface area contributed by atoms with Gasteiger partial charge in [-0.3, -0.25) is 0 Å². The molecule has 0 saturated heterocycles. The quantitative estimate of drug-likeness (QED) is 0.821. The van der Waals surface area contributed by atoms with Crippen LogP contribution >= 0.6 is 0 Å². The summed E-state index contributed by atoms with van der Waals surface area (Å²) >= 11 is 0. The highest BCUT2D eigenvalue weighted by Gasteiger charge is 2.20. The van der Waals surface area contributed by atoms with E-state index in [0.717, 1.165) is 5.69 Å². The molecule has 0 aliphatic carbocycles. The summed E-state index contributed by atoms with van der Waals surface area (Å²) in [5, 5.41) is 6.00. The van der Waals surface area contributed by atoms with Crippen molar-refractivity contribution < 1.29 is 9.53 Å². The molecule has 0 aliphatic rings. The van der Waals surface area contributed by atoms with Crippen LogP contribution in [0.5, 0.6) is 0 Å². The average molecular weight is 222 g/mol. The van der Waals surface area contributed by atoms with E-state index in [0.29, 0.717) is 6.54 Å². The second-order valence-corrected chi connectivity index (χ2v) is 4.22. The van der Waals surface area contributed by atoms with Crippen molar-refractivity contribution in [2.45, 2.75) is 19.4 Å². The number of carbonyl (C=O) groups excluding carboxylic acids is 1. The lowest BCUT2D eigenvalue weighted by atomic mass is 10.1. The molecule has 0 radical (unpaired) electrons. The van der Waals surface area contributed by atoms with E-state index in [1.54, 1.807) is 0 Å². The SMILES string of the molecule is COC(=O)NC(C)(C)CNc1ccccc1. The van der Waals surface area contributed by atoms with Crippen molar-refractivity contribution in [1.29, 1.82) is 0 Å². The van der Waals surface area contributed by atoms with E-state index in [2.05, 4.69) is 15.4 Å². The average Bonchev–Trinajstić information content (AvgIpc) is 2.27. The smallest absolute Gasteiger partial charge is 0.407 e. The molecule has 0 aliphatic heterocycles. The second kappa shape index (κ2) is 5.39. The van der Waals surface area contributed by atoms with Crippen molar-refractivity contribution in [2.75, 3.05) is 19.0 Å². The maximum atomic E-state index is 11.1. The Morgan fingerprint density at radius 1 is 1.31 bits per heavy atom. The van der Waals surface area contributed by atoms with Gasteiger partial charge in [0.05, 0.1) is 12.6 Å². The minimum Gasteiger partial charge on any atom is -0.453 e. The van der Waals surface area contributed by atoms with Crippen molar-refractivity contribution in [3.8, 4) is 0 Å². The maximum Gasteiger partial charge on any atom is 0.407 e. The standard InChI is InChI=1S/C12H18N2O2/c1-12(2,14-11(15)16-3)9-13-10-7-5-4-6-8-10/h4-8,13H,9H2,1-3H3,(H,14,15). The first-order valence-electron chi connectivity index (χ1n) is 5.18. The van der Waals surface area contributed by atoms with Crippen molar-refractivity contribution >= 4 is 11.8 Å². The Kier molecular flexibility index (Phi) is 4.17. The van der Waals surface area contributed by atoms with Crippen molar-refractivity contribution in [2.24, 2.45) is 0 Å². The number of ether oxygens (including phenoxy) is 1. The van der Waals surface area contributed by atoms with E-state index in [4.69, 9.17) is 0 Å². The lowest BCUT2D eigenvalue weighted by molar-refractivity contribution is 0.161. The van der Waals surface area contributed by atoms with E-state index >= 15 is 0 Å². The lowest BCUT2D eigenvalue weighted by Crippen LogP contribution is -2.48. The minimum atomic E-state index is -0.417. The third kappa shape index (κ3) is 4.21. The van der Waals surface area contributed by atoms with Crippen LogP contribution < -0.4 is 10.6 Å². The van der Waals surface area contributed by atoms with Gasteiger partial charge >= 0.3 is 6.09 Å². The summed E-state index contributed by atoms with van der Waals surface area (Å²) in [5.41, 5.74) is 0.672.